The van der Waals surface area contributed by atoms with Gasteiger partial charge in [0.2, 0.25) is 5.91 Å². The van der Waals surface area contributed by atoms with Gasteiger partial charge in [0.25, 0.3) is 0 Å². The van der Waals surface area contributed by atoms with Crippen molar-refractivity contribution in [2.45, 2.75) is 6.42 Å². The maximum absolute atomic E-state index is 11.4. The van der Waals surface area contributed by atoms with Crippen LogP contribution in [0.15, 0.2) is 18.2 Å². The standard InChI is InChI=1S/C11H11N3O/c1-14-10-3-2-9(13-5-4-12)6-8(10)7-11(14)15/h2-3,6,13H,5,7H2,1H3. The molecule has 1 aromatic rings. The Hall–Kier alpha value is -2.02. The Morgan fingerprint density at radius 1 is 1.60 bits per heavy atom. The molecule has 1 aromatic carbocycles. The largest absolute Gasteiger partial charge is 0.372 e. The number of fused-ring (bicyclic) bond motifs is 1. The highest BCUT2D eigenvalue weighted by molar-refractivity contribution is 6.01. The van der Waals surface area contributed by atoms with Crippen molar-refractivity contribution in [1.82, 2.24) is 0 Å². The van der Waals surface area contributed by atoms with Gasteiger partial charge in [-0.1, -0.05) is 0 Å². The van der Waals surface area contributed by atoms with Crippen LogP contribution in [0, 0.1) is 11.3 Å². The monoisotopic (exact) mass is 201 g/mol. The summed E-state index contributed by atoms with van der Waals surface area (Å²) in [7, 11) is 1.77. The lowest BCUT2D eigenvalue weighted by molar-refractivity contribution is -0.117. The zero-order chi connectivity index (χ0) is 10.8. The van der Waals surface area contributed by atoms with Crippen molar-refractivity contribution in [2.75, 3.05) is 23.8 Å². The SMILES string of the molecule is CN1C(=O)Cc2cc(NCC#N)ccc21. The first kappa shape index (κ1) is 9.53. The number of amides is 1. The molecule has 0 unspecified atom stereocenters. The van der Waals surface area contributed by atoms with Gasteiger partial charge < -0.3 is 10.2 Å². The quantitative estimate of drug-likeness (QED) is 0.730. The molecule has 0 atom stereocenters. The zero-order valence-corrected chi connectivity index (χ0v) is 8.45. The van der Waals surface area contributed by atoms with E-state index in [1.165, 1.54) is 0 Å². The van der Waals surface area contributed by atoms with E-state index in [9.17, 15) is 4.79 Å². The minimum absolute atomic E-state index is 0.113. The number of benzene rings is 1. The van der Waals surface area contributed by atoms with Crippen molar-refractivity contribution in [1.29, 1.82) is 5.26 Å². The highest BCUT2D eigenvalue weighted by Crippen LogP contribution is 2.29. The number of nitriles is 1. The van der Waals surface area contributed by atoms with Crippen molar-refractivity contribution < 1.29 is 4.79 Å². The molecule has 1 aliphatic heterocycles. The molecule has 0 bridgehead atoms. The molecule has 1 aliphatic rings. The molecule has 4 nitrogen and oxygen atoms in total. The van der Waals surface area contributed by atoms with E-state index < -0.39 is 0 Å². The first-order valence-corrected chi connectivity index (χ1v) is 4.72. The second-order valence-electron chi connectivity index (χ2n) is 3.48. The number of carbonyl (C=O) groups is 1. The van der Waals surface area contributed by atoms with E-state index in [4.69, 9.17) is 5.26 Å². The molecule has 0 aromatic heterocycles. The third kappa shape index (κ3) is 1.64. The van der Waals surface area contributed by atoms with E-state index in [1.807, 2.05) is 24.3 Å². The predicted molar refractivity (Wildman–Crippen MR) is 57.7 cm³/mol. The van der Waals surface area contributed by atoms with Crippen LogP contribution in [0.1, 0.15) is 5.56 Å². The van der Waals surface area contributed by atoms with Gasteiger partial charge in [-0.05, 0) is 23.8 Å². The Bertz CT molecular complexity index is 448. The van der Waals surface area contributed by atoms with Crippen molar-refractivity contribution in [3.05, 3.63) is 23.8 Å². The number of nitrogens with zero attached hydrogens (tertiary/aromatic N) is 2. The van der Waals surface area contributed by atoms with Crippen LogP contribution in [0.4, 0.5) is 11.4 Å². The van der Waals surface area contributed by atoms with Crippen molar-refractivity contribution in [3.8, 4) is 6.07 Å². The molecule has 0 radical (unpaired) electrons. The zero-order valence-electron chi connectivity index (χ0n) is 8.45. The molecule has 1 heterocycles. The Kier molecular flexibility index (Phi) is 2.30. The van der Waals surface area contributed by atoms with Gasteiger partial charge in [0, 0.05) is 18.4 Å². The fourth-order valence-electron chi connectivity index (χ4n) is 1.72. The summed E-state index contributed by atoms with van der Waals surface area (Å²) in [6, 6.07) is 7.72. The summed E-state index contributed by atoms with van der Waals surface area (Å²) in [6.07, 6.45) is 0.452. The first-order valence-electron chi connectivity index (χ1n) is 4.72. The van der Waals surface area contributed by atoms with Crippen LogP contribution in [-0.2, 0) is 11.2 Å². The van der Waals surface area contributed by atoms with Gasteiger partial charge in [0.05, 0.1) is 12.5 Å². The lowest BCUT2D eigenvalue weighted by Crippen LogP contribution is -2.20. The minimum Gasteiger partial charge on any atom is -0.372 e. The molecule has 0 saturated carbocycles. The number of anilines is 2. The maximum Gasteiger partial charge on any atom is 0.231 e. The number of nitrogens with one attached hydrogen (secondary N) is 1. The topological polar surface area (TPSA) is 56.1 Å². The molecule has 76 valence electrons. The van der Waals surface area contributed by atoms with Gasteiger partial charge >= 0.3 is 0 Å². The summed E-state index contributed by atoms with van der Waals surface area (Å²) < 4.78 is 0. The molecular formula is C11H11N3O. The smallest absolute Gasteiger partial charge is 0.231 e. The third-order valence-electron chi connectivity index (χ3n) is 2.53. The molecule has 0 aliphatic carbocycles. The summed E-state index contributed by atoms with van der Waals surface area (Å²) in [5, 5.41) is 11.4. The molecule has 0 saturated heterocycles. The van der Waals surface area contributed by atoms with Crippen molar-refractivity contribution in [3.63, 3.8) is 0 Å². The summed E-state index contributed by atoms with van der Waals surface area (Å²) >= 11 is 0. The fraction of sp³-hybridized carbons (Fsp3) is 0.273. The normalized spacial score (nSPS) is 13.6. The second-order valence-corrected chi connectivity index (χ2v) is 3.48. The molecule has 2 rings (SSSR count). The van der Waals surface area contributed by atoms with E-state index in [-0.39, 0.29) is 12.5 Å². The number of rotatable bonds is 2. The van der Waals surface area contributed by atoms with Crippen molar-refractivity contribution >= 4 is 17.3 Å². The average molecular weight is 201 g/mol. The third-order valence-corrected chi connectivity index (χ3v) is 2.53. The van der Waals surface area contributed by atoms with Crippen LogP contribution in [0.3, 0.4) is 0 Å². The molecule has 0 fully saturated rings. The number of hydrogen-bond acceptors (Lipinski definition) is 3. The molecule has 1 N–H and O–H groups in total. The van der Waals surface area contributed by atoms with Gasteiger partial charge in [-0.15, -0.1) is 0 Å². The van der Waals surface area contributed by atoms with E-state index in [1.54, 1.807) is 11.9 Å². The Morgan fingerprint density at radius 2 is 2.40 bits per heavy atom. The van der Waals surface area contributed by atoms with Crippen LogP contribution in [0.5, 0.6) is 0 Å². The van der Waals surface area contributed by atoms with Crippen LogP contribution in [0.2, 0.25) is 0 Å². The lowest BCUT2D eigenvalue weighted by Gasteiger charge is -2.10. The summed E-state index contributed by atoms with van der Waals surface area (Å²) in [5.41, 5.74) is 2.87. The highest BCUT2D eigenvalue weighted by atomic mass is 16.2. The van der Waals surface area contributed by atoms with Crippen LogP contribution < -0.4 is 10.2 Å². The fourth-order valence-corrected chi connectivity index (χ4v) is 1.72. The van der Waals surface area contributed by atoms with Gasteiger partial charge in [-0.2, -0.15) is 5.26 Å². The summed E-state index contributed by atoms with van der Waals surface area (Å²) in [4.78, 5) is 13.1. The maximum atomic E-state index is 11.4. The molecule has 4 heteroatoms. The molecule has 15 heavy (non-hydrogen) atoms. The van der Waals surface area contributed by atoms with E-state index in [0.29, 0.717) is 6.42 Å². The number of hydrogen-bond donors (Lipinski definition) is 1. The number of likely N-dealkylation sites (N-methyl/N-ethyl adjacent to an activating group) is 1. The Labute approximate surface area is 88.1 Å². The van der Waals surface area contributed by atoms with Crippen LogP contribution in [-0.4, -0.2) is 19.5 Å². The summed E-state index contributed by atoms with van der Waals surface area (Å²) in [6.45, 7) is 0.280. The Balaban J connectivity index is 2.26. The first-order chi connectivity index (χ1) is 7.22. The van der Waals surface area contributed by atoms with E-state index in [2.05, 4.69) is 5.32 Å². The van der Waals surface area contributed by atoms with Gasteiger partial charge in [-0.25, -0.2) is 0 Å². The average Bonchev–Trinajstić information content (AvgIpc) is 2.52. The van der Waals surface area contributed by atoms with E-state index in [0.717, 1.165) is 16.9 Å². The van der Waals surface area contributed by atoms with Gasteiger partial charge in [0.15, 0.2) is 0 Å². The van der Waals surface area contributed by atoms with Crippen LogP contribution in [0.25, 0.3) is 0 Å². The summed E-state index contributed by atoms with van der Waals surface area (Å²) in [5.74, 6) is 0.113. The van der Waals surface area contributed by atoms with Crippen LogP contribution >= 0.6 is 0 Å². The molecule has 1 amide bonds. The Morgan fingerprint density at radius 3 is 3.13 bits per heavy atom. The predicted octanol–water partition coefficient (Wildman–Crippen LogP) is 1.14. The second kappa shape index (κ2) is 3.62. The van der Waals surface area contributed by atoms with Gasteiger partial charge in [-0.3, -0.25) is 4.79 Å². The highest BCUT2D eigenvalue weighted by Gasteiger charge is 2.23. The lowest BCUT2D eigenvalue weighted by atomic mass is 10.1. The van der Waals surface area contributed by atoms with E-state index >= 15 is 0 Å². The number of carbonyl (C=O) groups excluding carboxylic acids is 1. The molecule has 0 spiro atoms. The van der Waals surface area contributed by atoms with Crippen molar-refractivity contribution in [2.24, 2.45) is 0 Å². The minimum atomic E-state index is 0.113. The van der Waals surface area contributed by atoms with Gasteiger partial charge in [0.1, 0.15) is 6.54 Å². The molecular weight excluding hydrogens is 190 g/mol.